The third kappa shape index (κ3) is 5.96. The number of hydrogen-bond donors (Lipinski definition) is 1. The van der Waals surface area contributed by atoms with E-state index in [9.17, 15) is 19.5 Å². The van der Waals surface area contributed by atoms with Crippen molar-refractivity contribution in [2.24, 2.45) is 0 Å². The van der Waals surface area contributed by atoms with E-state index in [1.807, 2.05) is 24.8 Å². The molecule has 0 aromatic heterocycles. The van der Waals surface area contributed by atoms with Crippen LogP contribution in [0.15, 0.2) is 42.5 Å². The number of carbonyl (C=O) groups excluding carboxylic acids is 2. The fourth-order valence-corrected chi connectivity index (χ4v) is 8.37. The minimum absolute atomic E-state index is 0.0674. The van der Waals surface area contributed by atoms with E-state index in [2.05, 4.69) is 4.90 Å². The lowest BCUT2D eigenvalue weighted by Gasteiger charge is -2.44. The molecule has 50 heavy (non-hydrogen) atoms. The van der Waals surface area contributed by atoms with Crippen molar-refractivity contribution in [1.29, 1.82) is 0 Å². The number of carbonyl (C=O) groups is 3. The molecule has 2 amide bonds. The summed E-state index contributed by atoms with van der Waals surface area (Å²) in [5, 5.41) is 9.85. The van der Waals surface area contributed by atoms with Crippen molar-refractivity contribution in [3.05, 3.63) is 75.0 Å². The average molecular weight is 728 g/mol. The van der Waals surface area contributed by atoms with Crippen molar-refractivity contribution in [3.8, 4) is 16.9 Å². The summed E-state index contributed by atoms with van der Waals surface area (Å²) in [7, 11) is 1.28. The molecule has 11 nitrogen and oxygen atoms in total. The monoisotopic (exact) mass is 726 g/mol. The number of hydrogen-bond acceptors (Lipinski definition) is 8. The van der Waals surface area contributed by atoms with Crippen LogP contribution in [0.25, 0.3) is 11.1 Å². The topological polar surface area (TPSA) is 112 Å². The van der Waals surface area contributed by atoms with Crippen LogP contribution >= 0.6 is 23.2 Å². The quantitative estimate of drug-likeness (QED) is 0.294. The molecule has 2 unspecified atom stereocenters. The highest BCUT2D eigenvalue weighted by molar-refractivity contribution is 6.40. The van der Waals surface area contributed by atoms with Crippen molar-refractivity contribution >= 4 is 52.5 Å². The Bertz CT molecular complexity index is 1840. The number of para-hydroxylation sites is 1. The molecule has 7 rings (SSSR count). The lowest BCUT2D eigenvalue weighted by atomic mass is 9.96. The Hall–Kier alpha value is -4.26. The van der Waals surface area contributed by atoms with Gasteiger partial charge < -0.3 is 38.9 Å². The lowest BCUT2D eigenvalue weighted by molar-refractivity contribution is 0.0515. The number of anilines is 2. The van der Waals surface area contributed by atoms with E-state index in [4.69, 9.17) is 37.4 Å². The molecule has 3 aromatic carbocycles. The summed E-state index contributed by atoms with van der Waals surface area (Å²) in [6.07, 6.45) is 0.847. The second-order valence-electron chi connectivity index (χ2n) is 13.3. The SMILES string of the molecule is COC(=O)c1cc(F)c(-c2cccc3c2OCN(C(=O)c2c(Cl)cc(N4C[C@@H](C)N(C(=O)O)C[C@@H]4C)cc2Cl)C3)cc1N1C2CCC1COC2. The second kappa shape index (κ2) is 13.5. The van der Waals surface area contributed by atoms with Crippen LogP contribution in [-0.2, 0) is 16.0 Å². The van der Waals surface area contributed by atoms with Crippen LogP contribution in [-0.4, -0.2) is 97.2 Å². The molecule has 0 aliphatic carbocycles. The van der Waals surface area contributed by atoms with Gasteiger partial charge in [0, 0.05) is 47.6 Å². The molecular formula is C36H37Cl2FN4O7. The summed E-state index contributed by atoms with van der Waals surface area (Å²) in [6, 6.07) is 11.4. The molecule has 0 spiro atoms. The van der Waals surface area contributed by atoms with Crippen molar-refractivity contribution < 1.29 is 38.1 Å². The summed E-state index contributed by atoms with van der Waals surface area (Å²) in [4.78, 5) is 45.4. The molecule has 0 radical (unpaired) electrons. The zero-order chi connectivity index (χ0) is 35.4. The van der Waals surface area contributed by atoms with Crippen LogP contribution < -0.4 is 14.5 Å². The third-order valence-corrected chi connectivity index (χ3v) is 10.8. The second-order valence-corrected chi connectivity index (χ2v) is 14.1. The summed E-state index contributed by atoms with van der Waals surface area (Å²) in [5.41, 5.74) is 2.99. The van der Waals surface area contributed by atoms with Crippen LogP contribution in [0.3, 0.4) is 0 Å². The summed E-state index contributed by atoms with van der Waals surface area (Å²) in [6.45, 7) is 5.59. The third-order valence-electron chi connectivity index (χ3n) is 10.2. The van der Waals surface area contributed by atoms with Gasteiger partial charge in [-0.1, -0.05) is 41.4 Å². The molecule has 4 aliphatic rings. The fraction of sp³-hybridized carbons (Fsp3) is 0.417. The Morgan fingerprint density at radius 3 is 2.32 bits per heavy atom. The number of piperazine rings is 1. The predicted octanol–water partition coefficient (Wildman–Crippen LogP) is 6.52. The molecule has 4 heterocycles. The van der Waals surface area contributed by atoms with Crippen molar-refractivity contribution in [1.82, 2.24) is 9.80 Å². The normalized spacial score (nSPS) is 23.0. The number of morpholine rings is 1. The summed E-state index contributed by atoms with van der Waals surface area (Å²) >= 11 is 13.4. The van der Waals surface area contributed by atoms with E-state index in [0.29, 0.717) is 54.6 Å². The molecule has 3 fully saturated rings. The first-order valence-corrected chi connectivity index (χ1v) is 17.3. The Morgan fingerprint density at radius 2 is 1.66 bits per heavy atom. The number of amides is 2. The highest BCUT2D eigenvalue weighted by Crippen LogP contribution is 2.44. The summed E-state index contributed by atoms with van der Waals surface area (Å²) in [5.74, 6) is -1.21. The van der Waals surface area contributed by atoms with Crippen LogP contribution in [0.4, 0.5) is 20.6 Å². The Morgan fingerprint density at radius 1 is 0.960 bits per heavy atom. The van der Waals surface area contributed by atoms with Gasteiger partial charge in [-0.2, -0.15) is 0 Å². The van der Waals surface area contributed by atoms with E-state index >= 15 is 4.39 Å². The maximum atomic E-state index is 15.9. The van der Waals surface area contributed by atoms with Crippen molar-refractivity contribution in [2.75, 3.05) is 49.9 Å². The van der Waals surface area contributed by atoms with Gasteiger partial charge in [0.1, 0.15) is 11.6 Å². The molecule has 3 aromatic rings. The van der Waals surface area contributed by atoms with Crippen LogP contribution in [0.5, 0.6) is 5.75 Å². The minimum atomic E-state index is -0.968. The zero-order valence-corrected chi connectivity index (χ0v) is 29.3. The molecule has 14 heteroatoms. The van der Waals surface area contributed by atoms with Gasteiger partial charge in [0.25, 0.3) is 5.91 Å². The number of rotatable bonds is 5. The highest BCUT2D eigenvalue weighted by atomic mass is 35.5. The fourth-order valence-electron chi connectivity index (χ4n) is 7.73. The number of methoxy groups -OCH3 is 1. The van der Waals surface area contributed by atoms with Crippen LogP contribution in [0, 0.1) is 5.82 Å². The van der Waals surface area contributed by atoms with Gasteiger partial charge in [-0.3, -0.25) is 4.79 Å². The van der Waals surface area contributed by atoms with E-state index in [0.717, 1.165) is 12.8 Å². The molecule has 4 atom stereocenters. The maximum absolute atomic E-state index is 15.9. The first-order chi connectivity index (χ1) is 24.0. The minimum Gasteiger partial charge on any atom is -0.472 e. The highest BCUT2D eigenvalue weighted by Gasteiger charge is 2.40. The Labute approximate surface area is 299 Å². The van der Waals surface area contributed by atoms with Gasteiger partial charge in [-0.05, 0) is 51.0 Å². The number of nitrogens with zero attached hydrogens (tertiary/aromatic N) is 4. The molecule has 3 saturated heterocycles. The van der Waals surface area contributed by atoms with Gasteiger partial charge >= 0.3 is 12.1 Å². The number of carboxylic acid groups (broad SMARTS) is 1. The largest absolute Gasteiger partial charge is 0.472 e. The van der Waals surface area contributed by atoms with Crippen LogP contribution in [0.2, 0.25) is 10.0 Å². The number of halogens is 3. The first-order valence-electron chi connectivity index (χ1n) is 16.5. The van der Waals surface area contributed by atoms with Gasteiger partial charge in [0.2, 0.25) is 0 Å². The van der Waals surface area contributed by atoms with Crippen molar-refractivity contribution in [3.63, 3.8) is 0 Å². The number of benzene rings is 3. The molecule has 2 bridgehead atoms. The van der Waals surface area contributed by atoms with Gasteiger partial charge in [-0.15, -0.1) is 0 Å². The lowest BCUT2D eigenvalue weighted by Crippen LogP contribution is -2.58. The van der Waals surface area contributed by atoms with E-state index in [-0.39, 0.29) is 64.2 Å². The summed E-state index contributed by atoms with van der Waals surface area (Å²) < 4.78 is 32.9. The number of ether oxygens (including phenoxy) is 3. The molecule has 1 N–H and O–H groups in total. The average Bonchev–Trinajstić information content (AvgIpc) is 3.34. The van der Waals surface area contributed by atoms with Gasteiger partial charge in [0.15, 0.2) is 6.73 Å². The Balaban J connectivity index is 1.16. The van der Waals surface area contributed by atoms with Gasteiger partial charge in [0.05, 0.1) is 65.8 Å². The predicted molar refractivity (Wildman–Crippen MR) is 186 cm³/mol. The van der Waals surface area contributed by atoms with Crippen molar-refractivity contribution in [2.45, 2.75) is 57.4 Å². The molecule has 0 saturated carbocycles. The van der Waals surface area contributed by atoms with Crippen LogP contribution in [0.1, 0.15) is 53.0 Å². The maximum Gasteiger partial charge on any atom is 0.407 e. The van der Waals surface area contributed by atoms with E-state index in [1.165, 1.54) is 23.0 Å². The standard InChI is InChI=1S/C36H37Cl2FN4O7/c1-19-14-42(36(46)47)20(2)13-41(19)24-9-28(37)32(29(38)10-24)34(44)40-15-21-5-4-6-25(33(21)50-18-40)26-12-31(27(11-30(26)39)35(45)48-3)43-22-7-8-23(43)17-49-16-22/h4-6,9-12,19-20,22-23H,7-8,13-18H2,1-3H3,(H,46,47)/t19-,20+,22?,23?/m0/s1. The Kier molecular flexibility index (Phi) is 9.21. The molecule has 264 valence electrons. The van der Waals surface area contributed by atoms with Gasteiger partial charge in [-0.25, -0.2) is 14.0 Å². The number of esters is 1. The van der Waals surface area contributed by atoms with E-state index in [1.54, 1.807) is 30.3 Å². The molecular weight excluding hydrogens is 690 g/mol. The number of fused-ring (bicyclic) bond motifs is 3. The van der Waals surface area contributed by atoms with E-state index < -0.39 is 23.8 Å². The smallest absolute Gasteiger partial charge is 0.407 e. The first kappa shape index (κ1) is 34.2. The zero-order valence-electron chi connectivity index (χ0n) is 27.8. The molecule has 4 aliphatic heterocycles.